The first-order valence-corrected chi connectivity index (χ1v) is 8.01. The maximum Gasteiger partial charge on any atom is 0.408 e. The molecule has 9 nitrogen and oxygen atoms in total. The highest BCUT2D eigenvalue weighted by atomic mass is 16.6. The number of carbonyl (C=O) groups is 4. The van der Waals surface area contributed by atoms with Crippen molar-refractivity contribution in [1.29, 1.82) is 0 Å². The first-order valence-electron chi connectivity index (χ1n) is 8.01. The smallest absolute Gasteiger partial charge is 0.408 e. The van der Waals surface area contributed by atoms with Gasteiger partial charge in [-0.2, -0.15) is 0 Å². The van der Waals surface area contributed by atoms with Gasteiger partial charge in [0.1, 0.15) is 17.7 Å². The summed E-state index contributed by atoms with van der Waals surface area (Å²) in [7, 11) is 1.23. The molecule has 0 saturated carbocycles. The molecule has 0 radical (unpaired) electrons. The fourth-order valence-electron chi connectivity index (χ4n) is 1.72. The standard InChI is InChI=1S/C16H29N3O6/c1-9(2)12(14(22)24-7)19-11(20)8-17-13(21)10(3)18-15(23)25-16(4,5)6/h9-10,12H,8H2,1-7H3,(H,17,21)(H,18,23)(H,19,20). The molecule has 0 spiro atoms. The Kier molecular flexibility index (Phi) is 8.94. The molecule has 0 rings (SSSR count). The molecule has 0 saturated heterocycles. The van der Waals surface area contributed by atoms with Crippen LogP contribution in [0, 0.1) is 5.92 Å². The molecule has 144 valence electrons. The minimum Gasteiger partial charge on any atom is -0.467 e. The molecule has 0 heterocycles. The predicted octanol–water partition coefficient (Wildman–Crippen LogP) is 0.330. The van der Waals surface area contributed by atoms with Crippen LogP contribution in [0.4, 0.5) is 4.79 Å². The molecule has 0 fully saturated rings. The molecule has 3 amide bonds. The molecular weight excluding hydrogens is 330 g/mol. The van der Waals surface area contributed by atoms with E-state index in [1.807, 2.05) is 0 Å². The van der Waals surface area contributed by atoms with Crippen LogP contribution < -0.4 is 16.0 Å². The van der Waals surface area contributed by atoms with E-state index in [4.69, 9.17) is 4.74 Å². The third-order valence-corrected chi connectivity index (χ3v) is 2.99. The highest BCUT2D eigenvalue weighted by Crippen LogP contribution is 2.06. The van der Waals surface area contributed by atoms with E-state index in [2.05, 4.69) is 20.7 Å². The van der Waals surface area contributed by atoms with Crippen LogP contribution in [0.25, 0.3) is 0 Å². The molecule has 3 N–H and O–H groups in total. The largest absolute Gasteiger partial charge is 0.467 e. The highest BCUT2D eigenvalue weighted by Gasteiger charge is 2.25. The van der Waals surface area contributed by atoms with Crippen LogP contribution in [0.2, 0.25) is 0 Å². The minimum absolute atomic E-state index is 0.167. The van der Waals surface area contributed by atoms with Crippen LogP contribution in [0.15, 0.2) is 0 Å². The zero-order valence-electron chi connectivity index (χ0n) is 15.9. The number of amides is 3. The van der Waals surface area contributed by atoms with E-state index < -0.39 is 41.6 Å². The Morgan fingerprint density at radius 2 is 1.56 bits per heavy atom. The van der Waals surface area contributed by atoms with E-state index in [0.717, 1.165) is 0 Å². The first-order chi connectivity index (χ1) is 11.4. The number of alkyl carbamates (subject to hydrolysis) is 1. The van der Waals surface area contributed by atoms with Gasteiger partial charge in [0, 0.05) is 0 Å². The summed E-state index contributed by atoms with van der Waals surface area (Å²) in [6.45, 7) is 9.75. The highest BCUT2D eigenvalue weighted by molar-refractivity contribution is 5.90. The summed E-state index contributed by atoms with van der Waals surface area (Å²) in [5.41, 5.74) is -0.681. The lowest BCUT2D eigenvalue weighted by Crippen LogP contribution is -2.51. The van der Waals surface area contributed by atoms with Gasteiger partial charge in [-0.1, -0.05) is 13.8 Å². The number of hydrogen-bond donors (Lipinski definition) is 3. The van der Waals surface area contributed by atoms with Crippen molar-refractivity contribution in [3.8, 4) is 0 Å². The second-order valence-corrected chi connectivity index (χ2v) is 6.90. The van der Waals surface area contributed by atoms with Gasteiger partial charge in [-0.05, 0) is 33.6 Å². The van der Waals surface area contributed by atoms with Crippen LogP contribution in [0.5, 0.6) is 0 Å². The van der Waals surface area contributed by atoms with Crippen LogP contribution in [-0.2, 0) is 23.9 Å². The maximum atomic E-state index is 11.9. The van der Waals surface area contributed by atoms with Gasteiger partial charge in [0.15, 0.2) is 0 Å². The molecule has 2 atom stereocenters. The Bertz CT molecular complexity index is 499. The number of methoxy groups -OCH3 is 1. The molecule has 0 aromatic heterocycles. The van der Waals surface area contributed by atoms with E-state index in [1.165, 1.54) is 14.0 Å². The second kappa shape index (κ2) is 9.85. The quantitative estimate of drug-likeness (QED) is 0.563. The van der Waals surface area contributed by atoms with Crippen molar-refractivity contribution in [3.63, 3.8) is 0 Å². The SMILES string of the molecule is COC(=O)C(NC(=O)CNC(=O)C(C)NC(=O)OC(C)(C)C)C(C)C. The molecule has 0 aliphatic heterocycles. The summed E-state index contributed by atoms with van der Waals surface area (Å²) in [5.74, 6) is -1.82. The Morgan fingerprint density at radius 1 is 1.00 bits per heavy atom. The molecule has 2 unspecified atom stereocenters. The molecule has 0 aliphatic rings. The van der Waals surface area contributed by atoms with Crippen molar-refractivity contribution >= 4 is 23.9 Å². The normalized spacial score (nSPS) is 13.4. The topological polar surface area (TPSA) is 123 Å². The summed E-state index contributed by atoms with van der Waals surface area (Å²) in [5, 5.41) is 7.24. The average molecular weight is 359 g/mol. The Labute approximate surface area is 148 Å². The number of esters is 1. The molecule has 25 heavy (non-hydrogen) atoms. The lowest BCUT2D eigenvalue weighted by molar-refractivity contribution is -0.146. The summed E-state index contributed by atoms with van der Waals surface area (Å²) >= 11 is 0. The molecule has 0 aromatic carbocycles. The van der Waals surface area contributed by atoms with Gasteiger partial charge < -0.3 is 25.4 Å². The van der Waals surface area contributed by atoms with Crippen LogP contribution >= 0.6 is 0 Å². The van der Waals surface area contributed by atoms with E-state index in [9.17, 15) is 19.2 Å². The van der Waals surface area contributed by atoms with Gasteiger partial charge in [0.05, 0.1) is 13.7 Å². The van der Waals surface area contributed by atoms with Gasteiger partial charge >= 0.3 is 12.1 Å². The van der Waals surface area contributed by atoms with Gasteiger partial charge in [-0.15, -0.1) is 0 Å². The van der Waals surface area contributed by atoms with Crippen LogP contribution in [0.1, 0.15) is 41.5 Å². The van der Waals surface area contributed by atoms with Crippen molar-refractivity contribution in [2.45, 2.75) is 59.2 Å². The number of rotatable bonds is 7. The summed E-state index contributed by atoms with van der Waals surface area (Å²) in [4.78, 5) is 47.0. The number of ether oxygens (including phenoxy) is 2. The number of carbonyl (C=O) groups excluding carboxylic acids is 4. The Hall–Kier alpha value is -2.32. The van der Waals surface area contributed by atoms with Gasteiger partial charge in [0.25, 0.3) is 0 Å². The summed E-state index contributed by atoms with van der Waals surface area (Å²) < 4.78 is 9.66. The van der Waals surface area contributed by atoms with Crippen molar-refractivity contribution in [2.24, 2.45) is 5.92 Å². The predicted molar refractivity (Wildman–Crippen MR) is 90.6 cm³/mol. The van der Waals surface area contributed by atoms with Crippen molar-refractivity contribution < 1.29 is 28.7 Å². The number of hydrogen-bond acceptors (Lipinski definition) is 6. The van der Waals surface area contributed by atoms with E-state index in [0.29, 0.717) is 0 Å². The van der Waals surface area contributed by atoms with Gasteiger partial charge in [0.2, 0.25) is 11.8 Å². The van der Waals surface area contributed by atoms with Crippen molar-refractivity contribution in [1.82, 2.24) is 16.0 Å². The summed E-state index contributed by atoms with van der Waals surface area (Å²) in [6.07, 6.45) is -0.731. The molecule has 0 aliphatic carbocycles. The fourth-order valence-corrected chi connectivity index (χ4v) is 1.72. The zero-order chi connectivity index (χ0) is 19.8. The fraction of sp³-hybridized carbons (Fsp3) is 0.750. The molecule has 9 heteroatoms. The van der Waals surface area contributed by atoms with Gasteiger partial charge in [-0.25, -0.2) is 9.59 Å². The van der Waals surface area contributed by atoms with E-state index in [1.54, 1.807) is 34.6 Å². The van der Waals surface area contributed by atoms with E-state index in [-0.39, 0.29) is 12.5 Å². The van der Waals surface area contributed by atoms with Crippen molar-refractivity contribution in [2.75, 3.05) is 13.7 Å². The molecule has 0 aromatic rings. The van der Waals surface area contributed by atoms with Crippen LogP contribution in [0.3, 0.4) is 0 Å². The third-order valence-electron chi connectivity index (χ3n) is 2.99. The second-order valence-electron chi connectivity index (χ2n) is 6.90. The lowest BCUT2D eigenvalue weighted by atomic mass is 10.0. The zero-order valence-corrected chi connectivity index (χ0v) is 15.9. The number of nitrogens with one attached hydrogen (secondary N) is 3. The maximum absolute atomic E-state index is 11.9. The van der Waals surface area contributed by atoms with E-state index >= 15 is 0 Å². The average Bonchev–Trinajstić information content (AvgIpc) is 2.46. The lowest BCUT2D eigenvalue weighted by Gasteiger charge is -2.22. The van der Waals surface area contributed by atoms with Crippen molar-refractivity contribution in [3.05, 3.63) is 0 Å². The van der Waals surface area contributed by atoms with Crippen LogP contribution in [-0.4, -0.2) is 55.2 Å². The minimum atomic E-state index is -0.885. The molecular formula is C16H29N3O6. The third kappa shape index (κ3) is 9.53. The monoisotopic (exact) mass is 359 g/mol. The first kappa shape index (κ1) is 22.7. The summed E-state index contributed by atoms with van der Waals surface area (Å²) in [6, 6.07) is -1.68. The Balaban J connectivity index is 4.41. The Morgan fingerprint density at radius 3 is 2.00 bits per heavy atom. The van der Waals surface area contributed by atoms with Gasteiger partial charge in [-0.3, -0.25) is 9.59 Å². The molecule has 0 bridgehead atoms.